The molecule has 0 bridgehead atoms. The minimum Gasteiger partial charge on any atom is -0.469 e. The monoisotopic (exact) mass is 447 g/mol. The highest BCUT2D eigenvalue weighted by atomic mass is 16.5. The molecule has 8 heteroatoms. The van der Waals surface area contributed by atoms with Crippen LogP contribution in [0, 0.1) is 18.3 Å². The third kappa shape index (κ3) is 5.78. The van der Waals surface area contributed by atoms with Crippen molar-refractivity contribution in [1.82, 2.24) is 15.5 Å². The SMILES string of the molecule is Cc1occc1C(=O)N[C@@H](CC(C)(C)C(C)C)C(=O)NC1C(=O)COC1CN1CCCC1. The molecule has 1 aromatic heterocycles. The summed E-state index contributed by atoms with van der Waals surface area (Å²) in [5.41, 5.74) is 0.198. The normalized spacial score (nSPS) is 23.0. The van der Waals surface area contributed by atoms with Gasteiger partial charge in [0.25, 0.3) is 5.91 Å². The van der Waals surface area contributed by atoms with Crippen molar-refractivity contribution in [3.05, 3.63) is 23.7 Å². The lowest BCUT2D eigenvalue weighted by atomic mass is 9.76. The van der Waals surface area contributed by atoms with E-state index in [1.54, 1.807) is 13.0 Å². The Bertz CT molecular complexity index is 825. The van der Waals surface area contributed by atoms with Crippen molar-refractivity contribution in [2.45, 2.75) is 72.1 Å². The van der Waals surface area contributed by atoms with Gasteiger partial charge in [0.1, 0.15) is 24.5 Å². The number of aryl methyl sites for hydroxylation is 1. The second-order valence-electron chi connectivity index (χ2n) is 10.1. The molecule has 2 unspecified atom stereocenters. The van der Waals surface area contributed by atoms with Gasteiger partial charge in [-0.05, 0) is 56.7 Å². The van der Waals surface area contributed by atoms with Crippen molar-refractivity contribution in [3.63, 3.8) is 0 Å². The van der Waals surface area contributed by atoms with Crippen molar-refractivity contribution in [2.75, 3.05) is 26.2 Å². The van der Waals surface area contributed by atoms with E-state index in [9.17, 15) is 14.4 Å². The summed E-state index contributed by atoms with van der Waals surface area (Å²) in [4.78, 5) is 41.0. The summed E-state index contributed by atoms with van der Waals surface area (Å²) in [7, 11) is 0. The number of hydrogen-bond acceptors (Lipinski definition) is 6. The van der Waals surface area contributed by atoms with E-state index in [2.05, 4.69) is 43.2 Å². The third-order valence-corrected chi connectivity index (χ3v) is 7.11. The molecule has 0 aromatic carbocycles. The van der Waals surface area contributed by atoms with Crippen LogP contribution in [0.2, 0.25) is 0 Å². The van der Waals surface area contributed by atoms with Crippen LogP contribution in [0.25, 0.3) is 0 Å². The van der Waals surface area contributed by atoms with Crippen LogP contribution in [-0.2, 0) is 14.3 Å². The van der Waals surface area contributed by atoms with Gasteiger partial charge in [-0.2, -0.15) is 0 Å². The van der Waals surface area contributed by atoms with E-state index in [1.165, 1.54) is 6.26 Å². The Labute approximate surface area is 190 Å². The largest absolute Gasteiger partial charge is 0.469 e. The fraction of sp³-hybridized carbons (Fsp3) is 0.708. The van der Waals surface area contributed by atoms with Crippen molar-refractivity contribution >= 4 is 17.6 Å². The number of hydrogen-bond donors (Lipinski definition) is 2. The van der Waals surface area contributed by atoms with Crippen molar-refractivity contribution in [3.8, 4) is 0 Å². The number of carbonyl (C=O) groups excluding carboxylic acids is 3. The lowest BCUT2D eigenvalue weighted by Gasteiger charge is -2.34. The summed E-state index contributed by atoms with van der Waals surface area (Å²) in [6.07, 6.45) is 3.81. The van der Waals surface area contributed by atoms with Gasteiger partial charge in [0, 0.05) is 6.54 Å². The number of ketones is 1. The van der Waals surface area contributed by atoms with E-state index in [4.69, 9.17) is 9.15 Å². The van der Waals surface area contributed by atoms with E-state index < -0.39 is 12.1 Å². The number of nitrogens with one attached hydrogen (secondary N) is 2. The van der Waals surface area contributed by atoms with Crippen LogP contribution in [0.4, 0.5) is 0 Å². The fourth-order valence-electron chi connectivity index (χ4n) is 4.22. The van der Waals surface area contributed by atoms with Gasteiger partial charge in [-0.15, -0.1) is 0 Å². The molecule has 2 N–H and O–H groups in total. The van der Waals surface area contributed by atoms with Gasteiger partial charge < -0.3 is 24.7 Å². The number of ether oxygens (including phenoxy) is 1. The van der Waals surface area contributed by atoms with Gasteiger partial charge in [-0.1, -0.05) is 27.7 Å². The maximum atomic E-state index is 13.3. The molecule has 0 aliphatic carbocycles. The van der Waals surface area contributed by atoms with Crippen molar-refractivity contribution in [2.24, 2.45) is 11.3 Å². The lowest BCUT2D eigenvalue weighted by Crippen LogP contribution is -2.55. The van der Waals surface area contributed by atoms with Gasteiger partial charge >= 0.3 is 0 Å². The molecule has 8 nitrogen and oxygen atoms in total. The van der Waals surface area contributed by atoms with Crippen LogP contribution in [-0.4, -0.2) is 66.9 Å². The van der Waals surface area contributed by atoms with E-state index in [0.29, 0.717) is 30.2 Å². The van der Waals surface area contributed by atoms with Crippen LogP contribution in [0.5, 0.6) is 0 Å². The predicted molar refractivity (Wildman–Crippen MR) is 120 cm³/mol. The molecule has 2 aliphatic heterocycles. The zero-order valence-corrected chi connectivity index (χ0v) is 19.9. The Hall–Kier alpha value is -2.19. The van der Waals surface area contributed by atoms with E-state index in [-0.39, 0.29) is 35.7 Å². The quantitative estimate of drug-likeness (QED) is 0.603. The standard InChI is InChI=1S/C24H37N3O5/c1-15(2)24(4,5)12-18(25-22(29)17-8-11-31-16(17)3)23(30)26-21-19(28)14-32-20(21)13-27-9-6-7-10-27/h8,11,15,18,20-21H,6-7,9-10,12-14H2,1-5H3,(H,25,29)(H,26,30)/t18-,20?,21?/m0/s1. The number of nitrogens with zero attached hydrogens (tertiary/aromatic N) is 1. The van der Waals surface area contributed by atoms with Crippen molar-refractivity contribution in [1.29, 1.82) is 0 Å². The molecule has 2 saturated heterocycles. The Balaban J connectivity index is 1.73. The van der Waals surface area contributed by atoms with E-state index >= 15 is 0 Å². The molecule has 32 heavy (non-hydrogen) atoms. The van der Waals surface area contributed by atoms with Gasteiger partial charge in [0.2, 0.25) is 5.91 Å². The number of likely N-dealkylation sites (tertiary alicyclic amines) is 1. The molecule has 3 rings (SSSR count). The average molecular weight is 448 g/mol. The molecule has 1 aromatic rings. The zero-order chi connectivity index (χ0) is 23.5. The molecular formula is C24H37N3O5. The summed E-state index contributed by atoms with van der Waals surface area (Å²) in [5.74, 6) is -0.0527. The van der Waals surface area contributed by atoms with Crippen LogP contribution in [0.15, 0.2) is 16.7 Å². The van der Waals surface area contributed by atoms with Crippen molar-refractivity contribution < 1.29 is 23.5 Å². The maximum absolute atomic E-state index is 13.3. The molecule has 0 saturated carbocycles. The Morgan fingerprint density at radius 3 is 2.53 bits per heavy atom. The minimum atomic E-state index is -0.782. The molecule has 178 valence electrons. The van der Waals surface area contributed by atoms with Crippen LogP contribution < -0.4 is 10.6 Å². The van der Waals surface area contributed by atoms with Gasteiger partial charge in [-0.25, -0.2) is 0 Å². The Morgan fingerprint density at radius 2 is 1.94 bits per heavy atom. The second kappa shape index (κ2) is 10.2. The van der Waals surface area contributed by atoms with Gasteiger partial charge in [0.15, 0.2) is 5.78 Å². The Kier molecular flexibility index (Phi) is 7.77. The number of carbonyl (C=O) groups is 3. The first-order chi connectivity index (χ1) is 15.1. The summed E-state index contributed by atoms with van der Waals surface area (Å²) in [6.45, 7) is 12.7. The molecule has 0 radical (unpaired) electrons. The smallest absolute Gasteiger partial charge is 0.255 e. The number of rotatable bonds is 9. The van der Waals surface area contributed by atoms with E-state index in [0.717, 1.165) is 25.9 Å². The lowest BCUT2D eigenvalue weighted by molar-refractivity contribution is -0.128. The highest BCUT2D eigenvalue weighted by Gasteiger charge is 2.40. The second-order valence-corrected chi connectivity index (χ2v) is 10.1. The topological polar surface area (TPSA) is 101 Å². The summed E-state index contributed by atoms with van der Waals surface area (Å²) in [6, 6.07) is 0.114. The summed E-state index contributed by atoms with van der Waals surface area (Å²) >= 11 is 0. The van der Waals surface area contributed by atoms with E-state index in [1.807, 2.05) is 0 Å². The molecule has 3 atom stereocenters. The molecule has 2 fully saturated rings. The molecule has 3 heterocycles. The molecule has 2 amide bonds. The minimum absolute atomic E-state index is 0.00613. The summed E-state index contributed by atoms with van der Waals surface area (Å²) < 4.78 is 10.9. The first-order valence-electron chi connectivity index (χ1n) is 11.6. The Morgan fingerprint density at radius 1 is 1.25 bits per heavy atom. The van der Waals surface area contributed by atoms with Gasteiger partial charge in [0.05, 0.1) is 17.9 Å². The highest BCUT2D eigenvalue weighted by molar-refractivity contribution is 5.99. The third-order valence-electron chi connectivity index (χ3n) is 7.11. The fourth-order valence-corrected chi connectivity index (χ4v) is 4.22. The van der Waals surface area contributed by atoms with Crippen LogP contribution in [0.3, 0.4) is 0 Å². The first kappa shape index (κ1) is 24.5. The molecular weight excluding hydrogens is 410 g/mol. The highest BCUT2D eigenvalue weighted by Crippen LogP contribution is 2.32. The van der Waals surface area contributed by atoms with Crippen LogP contribution >= 0.6 is 0 Å². The number of Topliss-reactive ketones (excluding diaryl/α,β-unsaturated/α-hetero) is 1. The first-order valence-corrected chi connectivity index (χ1v) is 11.6. The predicted octanol–water partition coefficient (Wildman–Crippen LogP) is 2.31. The zero-order valence-electron chi connectivity index (χ0n) is 19.9. The van der Waals surface area contributed by atoms with Gasteiger partial charge in [-0.3, -0.25) is 14.4 Å². The maximum Gasteiger partial charge on any atom is 0.255 e. The number of furan rings is 1. The number of amides is 2. The molecule has 0 spiro atoms. The molecule has 2 aliphatic rings. The van der Waals surface area contributed by atoms with Crippen LogP contribution in [0.1, 0.15) is 63.1 Å². The summed E-state index contributed by atoms with van der Waals surface area (Å²) in [5, 5.41) is 5.78. The average Bonchev–Trinajstić information content (AvgIpc) is 3.46.